The first-order chi connectivity index (χ1) is 21.4. The Balaban J connectivity index is 1.35. The zero-order chi connectivity index (χ0) is 30.3. The van der Waals surface area contributed by atoms with Gasteiger partial charge in [0.2, 0.25) is 5.91 Å². The highest BCUT2D eigenvalue weighted by Gasteiger charge is 2.45. The number of imide groups is 1. The summed E-state index contributed by atoms with van der Waals surface area (Å²) >= 11 is 0. The molecule has 3 fully saturated rings. The highest BCUT2D eigenvalue weighted by atomic mass is 19.1. The van der Waals surface area contributed by atoms with Gasteiger partial charge in [-0.15, -0.1) is 0 Å². The van der Waals surface area contributed by atoms with E-state index in [2.05, 4.69) is 30.5 Å². The van der Waals surface area contributed by atoms with Gasteiger partial charge in [0.15, 0.2) is 5.82 Å². The third-order valence-corrected chi connectivity index (χ3v) is 8.76. The molecule has 0 bridgehead atoms. The van der Waals surface area contributed by atoms with Crippen molar-refractivity contribution in [2.75, 3.05) is 51.0 Å². The zero-order valence-corrected chi connectivity index (χ0v) is 23.9. The predicted molar refractivity (Wildman–Crippen MR) is 158 cm³/mol. The van der Waals surface area contributed by atoms with Crippen molar-refractivity contribution in [3.8, 4) is 17.3 Å². The topological polar surface area (TPSA) is 122 Å². The monoisotopic (exact) mass is 603 g/mol. The van der Waals surface area contributed by atoms with Crippen LogP contribution in [0, 0.1) is 11.6 Å². The lowest BCUT2D eigenvalue weighted by atomic mass is 9.95. The molecule has 3 saturated heterocycles. The number of ether oxygens (including phenoxy) is 2. The number of aromatic nitrogens is 3. The van der Waals surface area contributed by atoms with E-state index in [1.165, 1.54) is 12.3 Å². The Morgan fingerprint density at radius 1 is 1.02 bits per heavy atom. The molecular weight excluding hydrogens is 572 g/mol. The highest BCUT2D eigenvalue weighted by Crippen LogP contribution is 2.40. The van der Waals surface area contributed by atoms with Crippen molar-refractivity contribution in [3.05, 3.63) is 54.2 Å². The number of carbonyl (C=O) groups excluding carboxylic acids is 2. The van der Waals surface area contributed by atoms with Gasteiger partial charge < -0.3 is 19.7 Å². The number of nitrogens with one attached hydrogen (secondary N) is 2. The Bertz CT molecular complexity index is 1760. The summed E-state index contributed by atoms with van der Waals surface area (Å²) in [4.78, 5) is 42.3. The maximum absolute atomic E-state index is 16.6. The van der Waals surface area contributed by atoms with E-state index in [0.29, 0.717) is 12.0 Å². The van der Waals surface area contributed by atoms with Crippen LogP contribution in [0.3, 0.4) is 0 Å². The van der Waals surface area contributed by atoms with Crippen LogP contribution in [0.2, 0.25) is 0 Å². The number of pyridine rings is 1. The molecule has 0 aliphatic carbocycles. The van der Waals surface area contributed by atoms with E-state index >= 15 is 8.78 Å². The number of benzene rings is 2. The van der Waals surface area contributed by atoms with Crippen LogP contribution < -0.4 is 20.3 Å². The maximum Gasteiger partial charge on any atom is 0.323 e. The molecule has 44 heavy (non-hydrogen) atoms. The van der Waals surface area contributed by atoms with E-state index in [-0.39, 0.29) is 71.3 Å². The van der Waals surface area contributed by atoms with Crippen molar-refractivity contribution in [1.29, 1.82) is 0 Å². The molecule has 11 nitrogen and oxygen atoms in total. The fourth-order valence-electron chi connectivity index (χ4n) is 6.67. The number of fused-ring (bicyclic) bond motifs is 3. The summed E-state index contributed by atoms with van der Waals surface area (Å²) in [5.74, 6) is -1.64. The van der Waals surface area contributed by atoms with E-state index in [4.69, 9.17) is 9.47 Å². The molecule has 0 atom stereocenters. The molecule has 0 saturated carbocycles. The second-order valence-corrected chi connectivity index (χ2v) is 11.4. The third-order valence-electron chi connectivity index (χ3n) is 8.76. The van der Waals surface area contributed by atoms with E-state index < -0.39 is 23.6 Å². The van der Waals surface area contributed by atoms with Gasteiger partial charge in [-0.1, -0.05) is 30.3 Å². The Hall–Kier alpha value is -4.49. The summed E-state index contributed by atoms with van der Waals surface area (Å²) in [6.45, 7) is 2.35. The molecule has 2 aromatic heterocycles. The van der Waals surface area contributed by atoms with Crippen LogP contribution in [0.15, 0.2) is 42.6 Å². The van der Waals surface area contributed by atoms with Gasteiger partial charge in [-0.05, 0) is 50.2 Å². The SMILES string of the molecule is O=C1CN(c2nc(OCC34CCCN3CCC4)nc3c(F)c(-c4cccc5cccc(F)c45)ncc23)CCOCNC(=O)N1. The summed E-state index contributed by atoms with van der Waals surface area (Å²) < 4.78 is 43.3. The fourth-order valence-corrected chi connectivity index (χ4v) is 6.67. The average molecular weight is 604 g/mol. The molecular formula is C31H31F2N7O4. The number of urea groups is 1. The molecule has 3 amide bonds. The molecule has 228 valence electrons. The first kappa shape index (κ1) is 28.3. The fraction of sp³-hybridized carbons (Fsp3) is 0.387. The largest absolute Gasteiger partial charge is 0.461 e. The third kappa shape index (κ3) is 5.15. The standard InChI is InChI=1S/C31H31F2N7O4/c32-22-8-2-6-19-5-1-7-20(24(19)22)26-25(33)27-21(15-34-26)28(39-13-14-43-18-35-29(42)36-23(41)16-39)38-30(37-27)44-17-31-9-3-11-40(31)12-4-10-31/h1-2,5-8,15H,3-4,9-14,16-18H2,(H2,35,36,41,42). The minimum absolute atomic E-state index is 0.0445. The molecule has 3 aliphatic heterocycles. The lowest BCUT2D eigenvalue weighted by Crippen LogP contribution is -2.47. The van der Waals surface area contributed by atoms with Gasteiger partial charge in [0.25, 0.3) is 0 Å². The summed E-state index contributed by atoms with van der Waals surface area (Å²) in [6.07, 6.45) is 5.57. The molecule has 13 heteroatoms. The van der Waals surface area contributed by atoms with Crippen LogP contribution in [0.1, 0.15) is 25.7 Å². The van der Waals surface area contributed by atoms with Crippen LogP contribution in [-0.4, -0.2) is 83.5 Å². The Labute approximate surface area is 251 Å². The van der Waals surface area contributed by atoms with E-state index in [9.17, 15) is 9.59 Å². The van der Waals surface area contributed by atoms with Crippen LogP contribution in [-0.2, 0) is 9.53 Å². The smallest absolute Gasteiger partial charge is 0.323 e. The molecule has 0 spiro atoms. The Morgan fingerprint density at radius 2 is 1.82 bits per heavy atom. The van der Waals surface area contributed by atoms with Crippen LogP contribution >= 0.6 is 0 Å². The summed E-state index contributed by atoms with van der Waals surface area (Å²) in [6, 6.07) is 9.03. The molecule has 0 radical (unpaired) electrons. The van der Waals surface area contributed by atoms with Crippen molar-refractivity contribution in [1.82, 2.24) is 30.5 Å². The summed E-state index contributed by atoms with van der Waals surface area (Å²) in [5.41, 5.74) is 0.0241. The van der Waals surface area contributed by atoms with Gasteiger partial charge in [-0.3, -0.25) is 20.0 Å². The number of hydrogen-bond acceptors (Lipinski definition) is 9. The normalized spacial score (nSPS) is 19.2. The number of nitrogens with zero attached hydrogens (tertiary/aromatic N) is 5. The number of amides is 3. The van der Waals surface area contributed by atoms with Gasteiger partial charge >= 0.3 is 12.0 Å². The maximum atomic E-state index is 16.6. The molecule has 0 unspecified atom stereocenters. The number of rotatable bonds is 5. The highest BCUT2D eigenvalue weighted by molar-refractivity contribution is 6.00. The first-order valence-corrected chi connectivity index (χ1v) is 14.7. The van der Waals surface area contributed by atoms with Gasteiger partial charge in [0.05, 0.1) is 24.1 Å². The minimum atomic E-state index is -0.769. The second kappa shape index (κ2) is 11.5. The van der Waals surface area contributed by atoms with Crippen molar-refractivity contribution >= 4 is 39.4 Å². The average Bonchev–Trinajstić information content (AvgIpc) is 3.60. The molecule has 3 aliphatic rings. The van der Waals surface area contributed by atoms with Gasteiger partial charge in [-0.2, -0.15) is 9.97 Å². The van der Waals surface area contributed by atoms with Crippen molar-refractivity contribution in [2.45, 2.75) is 31.2 Å². The Kier molecular flexibility index (Phi) is 7.42. The number of carbonyl (C=O) groups is 2. The Morgan fingerprint density at radius 3 is 2.64 bits per heavy atom. The van der Waals surface area contributed by atoms with Crippen LogP contribution in [0.4, 0.5) is 19.4 Å². The van der Waals surface area contributed by atoms with E-state index in [1.54, 1.807) is 35.2 Å². The van der Waals surface area contributed by atoms with Crippen molar-refractivity contribution in [3.63, 3.8) is 0 Å². The summed E-state index contributed by atoms with van der Waals surface area (Å²) in [7, 11) is 0. The molecule has 2 aromatic carbocycles. The van der Waals surface area contributed by atoms with Crippen LogP contribution in [0.25, 0.3) is 32.9 Å². The number of anilines is 1. The van der Waals surface area contributed by atoms with E-state index in [0.717, 1.165) is 38.8 Å². The quantitative estimate of drug-likeness (QED) is 0.351. The lowest BCUT2D eigenvalue weighted by molar-refractivity contribution is -0.118. The molecule has 7 rings (SSSR count). The number of hydrogen-bond donors (Lipinski definition) is 2. The summed E-state index contributed by atoms with van der Waals surface area (Å²) in [5, 5.41) is 5.77. The lowest BCUT2D eigenvalue weighted by Gasteiger charge is -2.31. The second-order valence-electron chi connectivity index (χ2n) is 11.4. The molecule has 2 N–H and O–H groups in total. The number of halogens is 2. The minimum Gasteiger partial charge on any atom is -0.461 e. The van der Waals surface area contributed by atoms with Gasteiger partial charge in [0, 0.05) is 23.7 Å². The van der Waals surface area contributed by atoms with E-state index in [1.807, 2.05) is 0 Å². The van der Waals surface area contributed by atoms with Crippen molar-refractivity contribution in [2.24, 2.45) is 0 Å². The predicted octanol–water partition coefficient (Wildman–Crippen LogP) is 3.75. The van der Waals surface area contributed by atoms with Crippen molar-refractivity contribution < 1.29 is 27.8 Å². The zero-order valence-electron chi connectivity index (χ0n) is 23.9. The van der Waals surface area contributed by atoms with Crippen LogP contribution in [0.5, 0.6) is 6.01 Å². The van der Waals surface area contributed by atoms with Gasteiger partial charge in [0.1, 0.15) is 36.2 Å². The molecule has 5 heterocycles. The van der Waals surface area contributed by atoms with Gasteiger partial charge in [-0.25, -0.2) is 13.6 Å². The first-order valence-electron chi connectivity index (χ1n) is 14.7. The molecule has 4 aromatic rings.